The Morgan fingerprint density at radius 1 is 1.24 bits per heavy atom. The van der Waals surface area contributed by atoms with Gasteiger partial charge in [-0.3, -0.25) is 4.79 Å². The van der Waals surface area contributed by atoms with Crippen LogP contribution in [0.3, 0.4) is 0 Å². The first-order valence-corrected chi connectivity index (χ1v) is 10.8. The molecule has 1 aliphatic rings. The van der Waals surface area contributed by atoms with Crippen LogP contribution in [0.5, 0.6) is 0 Å². The zero-order chi connectivity index (χ0) is 18.4. The second-order valence-electron chi connectivity index (χ2n) is 6.90. The van der Waals surface area contributed by atoms with Gasteiger partial charge in [-0.1, -0.05) is 31.9 Å². The minimum atomic E-state index is -3.21. The molecular weight excluding hydrogens is 338 g/mol. The van der Waals surface area contributed by atoms with Gasteiger partial charge in [-0.05, 0) is 43.9 Å². The SMILES string of the molecule is CCS(=O)(=O)c1ccc(CC(=O)N2CCCCCC2CC(C)O)cc1. The molecule has 1 aromatic rings. The zero-order valence-corrected chi connectivity index (χ0v) is 16.0. The van der Waals surface area contributed by atoms with E-state index < -0.39 is 15.9 Å². The van der Waals surface area contributed by atoms with Crippen molar-refractivity contribution >= 4 is 15.7 Å². The number of benzene rings is 1. The molecule has 0 aliphatic carbocycles. The normalized spacial score (nSPS) is 20.1. The Morgan fingerprint density at radius 2 is 1.92 bits per heavy atom. The molecule has 2 atom stereocenters. The maximum atomic E-state index is 12.8. The molecule has 6 heteroatoms. The first kappa shape index (κ1) is 19.9. The number of rotatable bonds is 6. The van der Waals surface area contributed by atoms with E-state index in [-0.39, 0.29) is 24.1 Å². The number of carbonyl (C=O) groups excluding carboxylic acids is 1. The molecule has 0 bridgehead atoms. The molecule has 0 spiro atoms. The Hall–Kier alpha value is -1.40. The molecule has 2 unspecified atom stereocenters. The predicted molar refractivity (Wildman–Crippen MR) is 98.1 cm³/mol. The fourth-order valence-corrected chi connectivity index (χ4v) is 4.29. The van der Waals surface area contributed by atoms with Crippen molar-refractivity contribution in [3.63, 3.8) is 0 Å². The summed E-state index contributed by atoms with van der Waals surface area (Å²) in [6.07, 6.45) is 4.59. The molecule has 0 radical (unpaired) electrons. The second-order valence-corrected chi connectivity index (χ2v) is 9.18. The first-order chi connectivity index (χ1) is 11.8. The topological polar surface area (TPSA) is 74.7 Å². The summed E-state index contributed by atoms with van der Waals surface area (Å²) in [6, 6.07) is 6.70. The number of nitrogens with zero attached hydrogens (tertiary/aromatic N) is 1. The Labute approximate surface area is 151 Å². The smallest absolute Gasteiger partial charge is 0.227 e. The van der Waals surface area contributed by atoms with Crippen LogP contribution in [-0.4, -0.2) is 48.8 Å². The Balaban J connectivity index is 2.08. The molecule has 1 fully saturated rings. The highest BCUT2D eigenvalue weighted by Crippen LogP contribution is 2.22. The molecule has 1 aliphatic heterocycles. The average Bonchev–Trinajstić information content (AvgIpc) is 2.80. The fraction of sp³-hybridized carbons (Fsp3) is 0.632. The van der Waals surface area contributed by atoms with Gasteiger partial charge in [0, 0.05) is 12.6 Å². The van der Waals surface area contributed by atoms with Crippen molar-refractivity contribution < 1.29 is 18.3 Å². The molecule has 25 heavy (non-hydrogen) atoms. The summed E-state index contributed by atoms with van der Waals surface area (Å²) >= 11 is 0. The molecule has 1 aromatic carbocycles. The van der Waals surface area contributed by atoms with Crippen molar-refractivity contribution in [2.75, 3.05) is 12.3 Å². The van der Waals surface area contributed by atoms with E-state index in [1.165, 1.54) is 0 Å². The van der Waals surface area contributed by atoms with E-state index in [4.69, 9.17) is 0 Å². The quantitative estimate of drug-likeness (QED) is 0.838. The van der Waals surface area contributed by atoms with Crippen LogP contribution in [0.4, 0.5) is 0 Å². The maximum Gasteiger partial charge on any atom is 0.227 e. The molecule has 1 N–H and O–H groups in total. The lowest BCUT2D eigenvalue weighted by Gasteiger charge is -2.31. The van der Waals surface area contributed by atoms with Gasteiger partial charge >= 0.3 is 0 Å². The van der Waals surface area contributed by atoms with Gasteiger partial charge in [0.05, 0.1) is 23.2 Å². The van der Waals surface area contributed by atoms with Crippen LogP contribution in [0.15, 0.2) is 29.2 Å². The molecular formula is C19H29NO4S. The van der Waals surface area contributed by atoms with Crippen molar-refractivity contribution in [1.29, 1.82) is 0 Å². The largest absolute Gasteiger partial charge is 0.393 e. The van der Waals surface area contributed by atoms with Gasteiger partial charge in [0.25, 0.3) is 0 Å². The molecule has 2 rings (SSSR count). The maximum absolute atomic E-state index is 12.8. The van der Waals surface area contributed by atoms with Crippen molar-refractivity contribution in [2.45, 2.75) is 69.4 Å². The van der Waals surface area contributed by atoms with Gasteiger partial charge in [0.15, 0.2) is 9.84 Å². The number of aliphatic hydroxyl groups excluding tert-OH is 1. The third-order valence-corrected chi connectivity index (χ3v) is 6.58. The van der Waals surface area contributed by atoms with Gasteiger partial charge < -0.3 is 10.0 Å². The van der Waals surface area contributed by atoms with E-state index in [0.717, 1.165) is 37.8 Å². The van der Waals surface area contributed by atoms with E-state index >= 15 is 0 Å². The van der Waals surface area contributed by atoms with Crippen LogP contribution < -0.4 is 0 Å². The summed E-state index contributed by atoms with van der Waals surface area (Å²) in [5.41, 5.74) is 0.820. The van der Waals surface area contributed by atoms with Gasteiger partial charge in [0.1, 0.15) is 0 Å². The lowest BCUT2D eigenvalue weighted by molar-refractivity contribution is -0.133. The number of aliphatic hydroxyl groups is 1. The van der Waals surface area contributed by atoms with Gasteiger partial charge in [-0.2, -0.15) is 0 Å². The van der Waals surface area contributed by atoms with Crippen LogP contribution in [0.2, 0.25) is 0 Å². The van der Waals surface area contributed by atoms with E-state index in [1.54, 1.807) is 38.1 Å². The molecule has 5 nitrogen and oxygen atoms in total. The van der Waals surface area contributed by atoms with E-state index in [0.29, 0.717) is 11.3 Å². The summed E-state index contributed by atoms with van der Waals surface area (Å²) < 4.78 is 23.7. The molecule has 1 amide bonds. The molecule has 0 saturated carbocycles. The number of hydrogen-bond acceptors (Lipinski definition) is 4. The highest BCUT2D eigenvalue weighted by Gasteiger charge is 2.26. The molecule has 0 aromatic heterocycles. The van der Waals surface area contributed by atoms with Crippen molar-refractivity contribution in [3.05, 3.63) is 29.8 Å². The number of amides is 1. The highest BCUT2D eigenvalue weighted by molar-refractivity contribution is 7.91. The highest BCUT2D eigenvalue weighted by atomic mass is 32.2. The lowest BCUT2D eigenvalue weighted by Crippen LogP contribution is -2.42. The lowest BCUT2D eigenvalue weighted by atomic mass is 10.0. The van der Waals surface area contributed by atoms with Crippen molar-refractivity contribution in [1.82, 2.24) is 4.90 Å². The summed E-state index contributed by atoms with van der Waals surface area (Å²) in [4.78, 5) is 15.0. The average molecular weight is 368 g/mol. The summed E-state index contributed by atoms with van der Waals surface area (Å²) in [5.74, 6) is 0.124. The number of likely N-dealkylation sites (tertiary alicyclic amines) is 1. The monoisotopic (exact) mass is 367 g/mol. The Bertz CT molecular complexity index is 667. The third kappa shape index (κ3) is 5.54. The van der Waals surface area contributed by atoms with E-state index in [2.05, 4.69) is 0 Å². The van der Waals surface area contributed by atoms with Crippen molar-refractivity contribution in [3.8, 4) is 0 Å². The van der Waals surface area contributed by atoms with Gasteiger partial charge in [-0.25, -0.2) is 8.42 Å². The molecule has 140 valence electrons. The summed E-state index contributed by atoms with van der Waals surface area (Å²) in [6.45, 7) is 4.12. The first-order valence-electron chi connectivity index (χ1n) is 9.12. The van der Waals surface area contributed by atoms with E-state index in [1.807, 2.05) is 4.90 Å². The van der Waals surface area contributed by atoms with Crippen LogP contribution in [0, 0.1) is 0 Å². The van der Waals surface area contributed by atoms with Crippen molar-refractivity contribution in [2.24, 2.45) is 0 Å². The van der Waals surface area contributed by atoms with Gasteiger partial charge in [-0.15, -0.1) is 0 Å². The Kier molecular flexibility index (Phi) is 7.02. The predicted octanol–water partition coefficient (Wildman–Crippen LogP) is 2.56. The summed E-state index contributed by atoms with van der Waals surface area (Å²) in [5, 5.41) is 9.72. The molecule has 1 saturated heterocycles. The number of sulfone groups is 1. The minimum absolute atomic E-state index is 0.0543. The summed E-state index contributed by atoms with van der Waals surface area (Å²) in [7, 11) is -3.21. The number of carbonyl (C=O) groups is 1. The fourth-order valence-electron chi connectivity index (χ4n) is 3.40. The van der Waals surface area contributed by atoms with Crippen LogP contribution in [-0.2, 0) is 21.1 Å². The molecule has 1 heterocycles. The zero-order valence-electron chi connectivity index (χ0n) is 15.1. The standard InChI is InChI=1S/C19H29NO4S/c1-3-25(23,24)18-10-8-16(9-11-18)14-19(22)20-12-6-4-5-7-17(20)13-15(2)21/h8-11,15,17,21H,3-7,12-14H2,1-2H3. The second kappa shape index (κ2) is 8.81. The number of hydrogen-bond donors (Lipinski definition) is 1. The van der Waals surface area contributed by atoms with Crippen LogP contribution >= 0.6 is 0 Å². The van der Waals surface area contributed by atoms with E-state index in [9.17, 15) is 18.3 Å². The van der Waals surface area contributed by atoms with Crippen LogP contribution in [0.25, 0.3) is 0 Å². The Morgan fingerprint density at radius 3 is 2.52 bits per heavy atom. The third-order valence-electron chi connectivity index (χ3n) is 4.83. The van der Waals surface area contributed by atoms with Crippen LogP contribution in [0.1, 0.15) is 51.5 Å². The van der Waals surface area contributed by atoms with Gasteiger partial charge in [0.2, 0.25) is 5.91 Å². The minimum Gasteiger partial charge on any atom is -0.393 e.